The van der Waals surface area contributed by atoms with Gasteiger partial charge in [0.15, 0.2) is 5.76 Å². The fourth-order valence-electron chi connectivity index (χ4n) is 1.94. The molecule has 26 heavy (non-hydrogen) atoms. The van der Waals surface area contributed by atoms with Gasteiger partial charge in [0, 0.05) is 0 Å². The van der Waals surface area contributed by atoms with E-state index in [4.69, 9.17) is 10.2 Å². The lowest BCUT2D eigenvalue weighted by atomic mass is 10.0. The van der Waals surface area contributed by atoms with Gasteiger partial charge in [0.05, 0.1) is 12.3 Å². The van der Waals surface area contributed by atoms with E-state index in [1.54, 1.807) is 0 Å². The third-order valence-corrected chi connectivity index (χ3v) is 4.41. The van der Waals surface area contributed by atoms with Crippen LogP contribution in [-0.2, 0) is 25.5 Å². The first-order valence-electron chi connectivity index (χ1n) is 6.98. The summed E-state index contributed by atoms with van der Waals surface area (Å²) in [4.78, 5) is 22.0. The van der Waals surface area contributed by atoms with Crippen LogP contribution in [0.2, 0.25) is 0 Å². The number of hydrogen-bond donors (Lipinski definition) is 1. The van der Waals surface area contributed by atoms with E-state index in [0.29, 0.717) is 5.56 Å². The van der Waals surface area contributed by atoms with E-state index >= 15 is 0 Å². The molecular weight excluding hydrogens is 379 g/mol. The first-order chi connectivity index (χ1) is 12.0. The summed E-state index contributed by atoms with van der Waals surface area (Å²) in [6, 6.07) is 6.35. The molecule has 1 unspecified atom stereocenters. The highest BCUT2D eigenvalue weighted by atomic mass is 32.2. The Morgan fingerprint density at radius 2 is 1.77 bits per heavy atom. The van der Waals surface area contributed by atoms with Crippen molar-refractivity contribution in [2.24, 2.45) is 5.73 Å². The fourth-order valence-corrected chi connectivity index (χ4v) is 2.79. The molecule has 7 nitrogen and oxygen atoms in total. The molecule has 11 heteroatoms. The minimum atomic E-state index is -5.44. The molecule has 0 fully saturated rings. The second kappa shape index (κ2) is 7.30. The molecule has 2 rings (SSSR count). The van der Waals surface area contributed by atoms with E-state index in [1.807, 2.05) is 0 Å². The monoisotopic (exact) mass is 391 g/mol. The maximum absolute atomic E-state index is 12.1. The molecule has 1 aromatic carbocycles. The number of ketones is 1. The summed E-state index contributed by atoms with van der Waals surface area (Å²) in [6.45, 7) is 0. The van der Waals surface area contributed by atoms with Gasteiger partial charge in [0.2, 0.25) is 5.78 Å². The molecule has 0 aliphatic heterocycles. The van der Waals surface area contributed by atoms with Gasteiger partial charge in [0.25, 0.3) is 0 Å². The molecule has 1 heterocycles. The Morgan fingerprint density at radius 3 is 2.27 bits per heavy atom. The number of Topliss-reactive ketones (excluding diaryl/α,β-unsaturated/α-hetero) is 1. The van der Waals surface area contributed by atoms with Crippen molar-refractivity contribution in [1.82, 2.24) is 0 Å². The summed E-state index contributed by atoms with van der Waals surface area (Å²) in [5.41, 5.74) is 6.20. The molecule has 140 valence electrons. The minimum absolute atomic E-state index is 0.0300. The maximum Gasteiger partial charge on any atom is 0.492 e. The van der Waals surface area contributed by atoms with E-state index in [1.165, 1.54) is 30.5 Å². The quantitative estimate of drug-likeness (QED) is 0.590. The van der Waals surface area contributed by atoms with Crippen LogP contribution in [0.4, 0.5) is 13.2 Å². The van der Waals surface area contributed by atoms with Crippen molar-refractivity contribution in [3.05, 3.63) is 54.0 Å². The van der Waals surface area contributed by atoms with Gasteiger partial charge in [-0.2, -0.15) is 21.6 Å². The topological polar surface area (TPSA) is 117 Å². The van der Waals surface area contributed by atoms with Crippen molar-refractivity contribution in [2.45, 2.75) is 23.5 Å². The van der Waals surface area contributed by atoms with Crippen LogP contribution in [0.15, 0.2) is 52.0 Å². The van der Waals surface area contributed by atoms with Crippen molar-refractivity contribution in [2.75, 3.05) is 0 Å². The zero-order chi connectivity index (χ0) is 19.5. The molecule has 0 spiro atoms. The van der Waals surface area contributed by atoms with Crippen LogP contribution in [0.1, 0.15) is 16.1 Å². The molecule has 2 N–H and O–H groups in total. The molecule has 0 aliphatic carbocycles. The molecule has 0 radical (unpaired) electrons. The smallest absolute Gasteiger partial charge is 0.461 e. The van der Waals surface area contributed by atoms with Crippen molar-refractivity contribution >= 4 is 21.9 Å². The van der Waals surface area contributed by atoms with E-state index in [9.17, 15) is 31.2 Å². The SMILES string of the molecule is NC(Cc1ccc(S(=O)(=O)OC(=O)C(F)(F)F)cc1)C(=O)c1ccco1. The molecule has 0 aliphatic rings. The van der Waals surface area contributed by atoms with Gasteiger partial charge in [0.1, 0.15) is 4.90 Å². The molecule has 1 atom stereocenters. The molecule has 0 bridgehead atoms. The van der Waals surface area contributed by atoms with Gasteiger partial charge in [-0.25, -0.2) is 4.79 Å². The van der Waals surface area contributed by atoms with E-state index in [2.05, 4.69) is 4.18 Å². The van der Waals surface area contributed by atoms with E-state index in [-0.39, 0.29) is 12.2 Å². The summed E-state index contributed by atoms with van der Waals surface area (Å²) in [7, 11) is -4.92. The Labute approximate surface area is 145 Å². The third-order valence-electron chi connectivity index (χ3n) is 3.19. The van der Waals surface area contributed by atoms with Crippen LogP contribution in [0.3, 0.4) is 0 Å². The van der Waals surface area contributed by atoms with Crippen LogP contribution < -0.4 is 5.73 Å². The number of benzene rings is 1. The summed E-state index contributed by atoms with van der Waals surface area (Å²) in [5.74, 6) is -3.24. The van der Waals surface area contributed by atoms with Crippen LogP contribution in [0.25, 0.3) is 0 Å². The number of carbonyl (C=O) groups is 2. The van der Waals surface area contributed by atoms with Gasteiger partial charge in [-0.1, -0.05) is 12.1 Å². The average molecular weight is 391 g/mol. The number of furan rings is 1. The van der Waals surface area contributed by atoms with E-state index < -0.39 is 39.0 Å². The van der Waals surface area contributed by atoms with Gasteiger partial charge in [-0.15, -0.1) is 0 Å². The minimum Gasteiger partial charge on any atom is -0.461 e. The molecule has 2 aromatic rings. The molecule has 0 saturated heterocycles. The number of alkyl halides is 3. The van der Waals surface area contributed by atoms with Gasteiger partial charge < -0.3 is 14.3 Å². The van der Waals surface area contributed by atoms with Gasteiger partial charge in [-0.05, 0) is 36.2 Å². The average Bonchev–Trinajstić information content (AvgIpc) is 3.07. The standard InChI is InChI=1S/C15H12F3NO6S/c16-15(17,18)14(21)25-26(22,23)10-5-3-9(4-6-10)8-11(19)13(20)12-2-1-7-24-12/h1-7,11H,8,19H2. The normalized spacial score (nSPS) is 13.2. The van der Waals surface area contributed by atoms with Gasteiger partial charge >= 0.3 is 22.3 Å². The maximum atomic E-state index is 12.1. The number of hydrogen-bond acceptors (Lipinski definition) is 7. The van der Waals surface area contributed by atoms with Crippen LogP contribution in [0, 0.1) is 0 Å². The first-order valence-corrected chi connectivity index (χ1v) is 8.39. The lowest BCUT2D eigenvalue weighted by Gasteiger charge is -2.10. The second-order valence-electron chi connectivity index (χ2n) is 5.12. The number of rotatable bonds is 6. The lowest BCUT2D eigenvalue weighted by Crippen LogP contribution is -2.32. The number of carbonyl (C=O) groups excluding carboxylic acids is 2. The van der Waals surface area contributed by atoms with Crippen molar-refractivity contribution < 1.29 is 39.8 Å². The molecule has 1 aromatic heterocycles. The fraction of sp³-hybridized carbons (Fsp3) is 0.200. The Hall–Kier alpha value is -2.66. The van der Waals surface area contributed by atoms with Crippen molar-refractivity contribution in [3.8, 4) is 0 Å². The second-order valence-corrected chi connectivity index (χ2v) is 6.67. The Balaban J connectivity index is 2.08. The first kappa shape index (κ1) is 19.7. The summed E-state index contributed by atoms with van der Waals surface area (Å²) >= 11 is 0. The Bertz CT molecular complexity index is 888. The van der Waals surface area contributed by atoms with Gasteiger partial charge in [-0.3, -0.25) is 4.79 Å². The predicted octanol–water partition coefficient (Wildman–Crippen LogP) is 1.83. The van der Waals surface area contributed by atoms with E-state index in [0.717, 1.165) is 12.1 Å². The summed E-state index contributed by atoms with van der Waals surface area (Å²) in [6.07, 6.45) is -4.10. The third kappa shape index (κ3) is 4.70. The number of nitrogens with two attached hydrogens (primary N) is 1. The predicted molar refractivity (Wildman–Crippen MR) is 80.5 cm³/mol. The highest BCUT2D eigenvalue weighted by molar-refractivity contribution is 7.87. The molecular formula is C15H12F3NO6S. The van der Waals surface area contributed by atoms with Crippen LogP contribution >= 0.6 is 0 Å². The Kier molecular flexibility index (Phi) is 5.52. The highest BCUT2D eigenvalue weighted by Gasteiger charge is 2.44. The summed E-state index contributed by atoms with van der Waals surface area (Å²) in [5, 5.41) is 0. The number of halogens is 3. The van der Waals surface area contributed by atoms with Crippen LogP contribution in [-0.4, -0.2) is 32.4 Å². The molecule has 0 saturated carbocycles. The van der Waals surface area contributed by atoms with Crippen molar-refractivity contribution in [1.29, 1.82) is 0 Å². The Morgan fingerprint density at radius 1 is 1.15 bits per heavy atom. The zero-order valence-electron chi connectivity index (χ0n) is 12.9. The molecule has 0 amide bonds. The largest absolute Gasteiger partial charge is 0.492 e. The highest BCUT2D eigenvalue weighted by Crippen LogP contribution is 2.21. The van der Waals surface area contributed by atoms with Crippen LogP contribution in [0.5, 0.6) is 0 Å². The summed E-state index contributed by atoms with van der Waals surface area (Å²) < 4.78 is 68.1. The van der Waals surface area contributed by atoms with Crippen molar-refractivity contribution in [3.63, 3.8) is 0 Å². The lowest BCUT2D eigenvalue weighted by molar-refractivity contribution is -0.189. The zero-order valence-corrected chi connectivity index (χ0v) is 13.7.